The molecule has 0 N–H and O–H groups in total. The molecule has 0 aliphatic heterocycles. The summed E-state index contributed by atoms with van der Waals surface area (Å²) >= 11 is 0. The van der Waals surface area contributed by atoms with Gasteiger partial charge in [0.25, 0.3) is 0 Å². The van der Waals surface area contributed by atoms with Gasteiger partial charge in [-0.3, -0.25) is 0 Å². The van der Waals surface area contributed by atoms with Gasteiger partial charge in [0.05, 0.1) is 68.8 Å². The number of furan rings is 4. The SMILES string of the molecule is Cc1cc(-c2c(C)ccc3c2oc2c(-c4ccccc4)ccc(C#N)c23)[n+](C)c(C)c1CC(C)(C)C.Cc1ccc2c(oc3c(-c4ccccc4)ccc(C#N)c32)c1-c1cc(C2CCCC2)cc(C)[n+]1C.Cc1ccc2c(oc3c(-c4ccccc4)ccc(C#N)c32)c1-c1cc(C2CCCCC2)cc(C)[n+]1C.Cc1ccc2c(oc3c(-c4ccccc4)ccc(C#N)c32)c1-c1ccc(C2CCCC2)c(C)[n+]1C. The molecule has 702 valence electrons. The summed E-state index contributed by atoms with van der Waals surface area (Å²) in [5, 5.41) is 47.4. The number of aromatic nitrogens is 4. The van der Waals surface area contributed by atoms with E-state index in [2.05, 4.69) is 293 Å². The third-order valence-corrected chi connectivity index (χ3v) is 31.2. The molecule has 0 spiro atoms. The second kappa shape index (κ2) is 38.9. The molecule has 8 heterocycles. The Labute approximate surface area is 833 Å². The average molecular weight is 1860 g/mol. The Morgan fingerprint density at radius 3 is 0.880 bits per heavy atom. The third kappa shape index (κ3) is 17.1. The molecule has 3 aliphatic rings. The largest absolute Gasteiger partial charge is 0.454 e. The van der Waals surface area contributed by atoms with Crippen molar-refractivity contribution in [2.45, 2.75) is 191 Å². The maximum Gasteiger partial charge on any atom is 0.216 e. The van der Waals surface area contributed by atoms with Crippen LogP contribution in [0.2, 0.25) is 0 Å². The van der Waals surface area contributed by atoms with Crippen molar-refractivity contribution in [1.82, 2.24) is 0 Å². The van der Waals surface area contributed by atoms with Crippen LogP contribution < -0.4 is 18.3 Å². The predicted molar refractivity (Wildman–Crippen MR) is 576 cm³/mol. The second-order valence-electron chi connectivity index (χ2n) is 41.3. The molecule has 0 radical (unpaired) electrons. The first-order valence-electron chi connectivity index (χ1n) is 50.6. The Hall–Kier alpha value is -15.6. The number of hydrogen-bond donors (Lipinski definition) is 0. The topological polar surface area (TPSA) is 163 Å². The summed E-state index contributed by atoms with van der Waals surface area (Å²) < 4.78 is 36.1. The molecule has 3 fully saturated rings. The van der Waals surface area contributed by atoms with E-state index in [1.807, 2.05) is 121 Å². The van der Waals surface area contributed by atoms with E-state index in [0.29, 0.717) is 40.0 Å². The number of fused-ring (bicyclic) bond motifs is 12. The van der Waals surface area contributed by atoms with Gasteiger partial charge in [0.2, 0.25) is 22.8 Å². The molecule has 23 rings (SSSR count). The summed E-state index contributed by atoms with van der Waals surface area (Å²) in [6.45, 7) is 26.5. The zero-order chi connectivity index (χ0) is 98.8. The average Bonchev–Trinajstić information content (AvgIpc) is 1.59. The van der Waals surface area contributed by atoms with Crippen molar-refractivity contribution in [2.75, 3.05) is 0 Å². The number of nitriles is 4. The lowest BCUT2D eigenvalue weighted by Gasteiger charge is -2.22. The number of hydrogen-bond acceptors (Lipinski definition) is 8. The third-order valence-electron chi connectivity index (χ3n) is 31.2. The number of pyridine rings is 4. The summed E-state index contributed by atoms with van der Waals surface area (Å²) in [5.74, 6) is 1.94. The first-order valence-corrected chi connectivity index (χ1v) is 50.6. The maximum atomic E-state index is 9.98. The molecule has 3 saturated carbocycles. The Bertz CT molecular complexity index is 8590. The Kier molecular flexibility index (Phi) is 25.7. The fraction of sp³-hybridized carbons (Fsp3) is 0.262. The summed E-state index contributed by atoms with van der Waals surface area (Å²) in [5.41, 5.74) is 43.5. The maximum absolute atomic E-state index is 9.98. The van der Waals surface area contributed by atoms with Crippen molar-refractivity contribution in [2.24, 2.45) is 33.6 Å². The smallest absolute Gasteiger partial charge is 0.216 e. The highest BCUT2D eigenvalue weighted by atomic mass is 16.3. The van der Waals surface area contributed by atoms with Crippen LogP contribution in [0.15, 0.2) is 279 Å². The van der Waals surface area contributed by atoms with Gasteiger partial charge in [-0.2, -0.15) is 39.3 Å². The molecule has 12 heteroatoms. The molecule has 142 heavy (non-hydrogen) atoms. The van der Waals surface area contributed by atoms with Gasteiger partial charge in [-0.15, -0.1) is 0 Å². The Morgan fingerprint density at radius 2 is 0.570 bits per heavy atom. The first kappa shape index (κ1) is 94.0. The molecule has 12 nitrogen and oxygen atoms in total. The van der Waals surface area contributed by atoms with Crippen LogP contribution >= 0.6 is 0 Å². The van der Waals surface area contributed by atoms with Crippen LogP contribution in [0.4, 0.5) is 0 Å². The van der Waals surface area contributed by atoms with Crippen LogP contribution in [0.25, 0.3) is 177 Å². The second-order valence-corrected chi connectivity index (χ2v) is 41.3. The van der Waals surface area contributed by atoms with E-state index < -0.39 is 0 Å². The van der Waals surface area contributed by atoms with Crippen LogP contribution in [-0.4, -0.2) is 0 Å². The lowest BCUT2D eigenvalue weighted by Crippen LogP contribution is -2.37. The van der Waals surface area contributed by atoms with Gasteiger partial charge >= 0.3 is 0 Å². The lowest BCUT2D eigenvalue weighted by molar-refractivity contribution is -0.667. The molecule has 0 unspecified atom stereocenters. The minimum Gasteiger partial charge on any atom is -0.454 e. The Morgan fingerprint density at radius 1 is 0.282 bits per heavy atom. The minimum absolute atomic E-state index is 0.209. The van der Waals surface area contributed by atoms with Gasteiger partial charge in [0.15, 0.2) is 22.8 Å². The predicted octanol–water partition coefficient (Wildman–Crippen LogP) is 32.2. The minimum atomic E-state index is 0.209. The van der Waals surface area contributed by atoms with E-state index in [1.54, 1.807) is 0 Å². The van der Waals surface area contributed by atoms with Crippen LogP contribution in [0.5, 0.6) is 0 Å². The number of aryl methyl sites for hydroxylation is 7. The monoisotopic (exact) mass is 1860 g/mol. The van der Waals surface area contributed by atoms with Crippen molar-refractivity contribution in [3.05, 3.63) is 356 Å². The normalized spacial score (nSPS) is 13.6. The summed E-state index contributed by atoms with van der Waals surface area (Å²) in [6, 6.07) is 99.8. The van der Waals surface area contributed by atoms with Crippen molar-refractivity contribution in [1.29, 1.82) is 21.0 Å². The fourth-order valence-electron chi connectivity index (χ4n) is 23.3. The highest BCUT2D eigenvalue weighted by molar-refractivity contribution is 6.19. The van der Waals surface area contributed by atoms with E-state index >= 15 is 0 Å². The van der Waals surface area contributed by atoms with Crippen LogP contribution in [-0.2, 0) is 34.6 Å². The summed E-state index contributed by atoms with van der Waals surface area (Å²) in [6.07, 6.45) is 18.0. The zero-order valence-electron chi connectivity index (χ0n) is 84.7. The van der Waals surface area contributed by atoms with E-state index in [0.717, 1.165) is 178 Å². The molecular formula is C130H122N8O4+4. The molecule has 3 aliphatic carbocycles. The molecular weight excluding hydrogens is 1740 g/mol. The molecule has 0 saturated heterocycles. The molecule has 0 atom stereocenters. The highest BCUT2D eigenvalue weighted by Gasteiger charge is 2.35. The highest BCUT2D eigenvalue weighted by Crippen LogP contribution is 2.50. The van der Waals surface area contributed by atoms with Crippen LogP contribution in [0.1, 0.15) is 217 Å². The molecule has 0 amide bonds. The molecule has 0 bridgehead atoms. The molecule has 8 aromatic heterocycles. The van der Waals surface area contributed by atoms with Gasteiger partial charge in [0.1, 0.15) is 72.9 Å². The fourth-order valence-corrected chi connectivity index (χ4v) is 23.3. The van der Waals surface area contributed by atoms with E-state index in [4.69, 9.17) is 17.7 Å². The Balaban J connectivity index is 0.000000116. The van der Waals surface area contributed by atoms with Gasteiger partial charge in [-0.25, -0.2) is 0 Å². The number of rotatable bonds is 12. The first-order chi connectivity index (χ1) is 68.8. The standard InChI is InChI=1S/C33H31N2O.C33H33N2O.2C32H29N2O/c1-21-14-16-28-31-25(20-34)15-17-27(24-12-8-5-9-13-24)32(31)36-33(28)30(21)29-19-26(18-22(2)35(29)3)23-10-6-4-7-11-23;1-20-13-15-26-30-24(19-34)14-16-25(23-11-9-8-10-12-23)31(30)36-32(26)29(20)28-17-21(2)27(18-33(4,5)6)22(3)35(28)7;1-20-13-15-27-30-24(19-33)14-16-26(23-11-5-4-6-12-23)31(30)35-32(27)29(20)28-18-25(17-21(2)34(28)3)22-9-7-8-10-22;1-20-13-15-27-30-24(19-33)14-16-26(23-9-5-4-6-10-23)31(30)35-32(27)29(20)28-18-17-25(21(2)34(28)3)22-11-7-8-12-22/h5,8-9,12-19,23H,4,6-7,10-11H2,1-3H3;8-17H,18H2,1-7H3;4-6,11-18,22H,7-10H2,1-3H3;4-6,9-10,13-18,22H,7-8,11-12H2,1-3H3/q4*+1. The summed E-state index contributed by atoms with van der Waals surface area (Å²) in [7, 11) is 8.60. The van der Waals surface area contributed by atoms with Crippen molar-refractivity contribution in [3.63, 3.8) is 0 Å². The summed E-state index contributed by atoms with van der Waals surface area (Å²) in [4.78, 5) is 0. The quantitative estimate of drug-likeness (QED) is 0.109. The lowest BCUT2D eigenvalue weighted by atomic mass is 9.83. The molecule has 12 aromatic carbocycles. The number of nitrogens with zero attached hydrogens (tertiary/aromatic N) is 8. The van der Waals surface area contributed by atoms with Gasteiger partial charge in [-0.1, -0.05) is 236 Å². The van der Waals surface area contributed by atoms with Crippen molar-refractivity contribution >= 4 is 87.8 Å². The van der Waals surface area contributed by atoms with Crippen molar-refractivity contribution in [3.8, 4) is 114 Å². The van der Waals surface area contributed by atoms with E-state index in [9.17, 15) is 21.0 Å². The van der Waals surface area contributed by atoms with Gasteiger partial charge < -0.3 is 17.7 Å². The molecule has 20 aromatic rings. The van der Waals surface area contributed by atoms with Crippen molar-refractivity contribution < 1.29 is 35.9 Å². The van der Waals surface area contributed by atoms with Crippen LogP contribution in [0, 0.1) is 113 Å². The zero-order valence-corrected chi connectivity index (χ0v) is 84.7. The van der Waals surface area contributed by atoms with Gasteiger partial charge in [0, 0.05) is 141 Å². The van der Waals surface area contributed by atoms with Gasteiger partial charge in [-0.05, 0) is 219 Å². The number of benzene rings is 12. The van der Waals surface area contributed by atoms with Crippen LogP contribution in [0.3, 0.4) is 0 Å². The van der Waals surface area contributed by atoms with E-state index in [1.165, 1.54) is 162 Å². The van der Waals surface area contributed by atoms with E-state index in [-0.39, 0.29) is 5.41 Å².